The van der Waals surface area contributed by atoms with E-state index in [1.807, 2.05) is 0 Å². The number of hydrogen-bond donors (Lipinski definition) is 2. The van der Waals surface area contributed by atoms with E-state index < -0.39 is 10.1 Å². The Hall–Kier alpha value is -1.28. The van der Waals surface area contributed by atoms with Crippen molar-refractivity contribution in [3.8, 4) is 0 Å². The predicted molar refractivity (Wildman–Crippen MR) is 83.5 cm³/mol. The highest BCUT2D eigenvalue weighted by Crippen LogP contribution is 2.41. The Kier molecular flexibility index (Phi) is 4.55. The second kappa shape index (κ2) is 6.32. The van der Waals surface area contributed by atoms with Crippen LogP contribution in [0.15, 0.2) is 35.2 Å². The molecule has 7 heteroatoms. The summed E-state index contributed by atoms with van der Waals surface area (Å²) in [4.78, 5) is 13.7. The monoisotopic (exact) mass is 339 g/mol. The molecule has 4 heterocycles. The summed E-state index contributed by atoms with van der Waals surface area (Å²) < 4.78 is 29.2. The lowest BCUT2D eigenvalue weighted by Crippen LogP contribution is -2.62. The molecule has 0 aliphatic carbocycles. The van der Waals surface area contributed by atoms with Crippen LogP contribution in [0.1, 0.15) is 25.7 Å². The number of carbonyl (C=O) groups is 1. The van der Waals surface area contributed by atoms with Crippen LogP contribution in [0.4, 0.5) is 0 Å². The Balaban J connectivity index is 0.000000142. The Morgan fingerprint density at radius 1 is 1.00 bits per heavy atom. The molecule has 126 valence electrons. The Labute approximate surface area is 135 Å². The minimum absolute atomic E-state index is 0.0741. The zero-order valence-corrected chi connectivity index (χ0v) is 13.5. The van der Waals surface area contributed by atoms with Crippen molar-refractivity contribution >= 4 is 15.9 Å². The first-order valence-corrected chi connectivity index (χ1v) is 9.27. The molecule has 1 aromatic carbocycles. The van der Waals surface area contributed by atoms with Crippen molar-refractivity contribution in [2.75, 3.05) is 6.54 Å². The van der Waals surface area contributed by atoms with Crippen LogP contribution in [0.3, 0.4) is 0 Å². The van der Waals surface area contributed by atoms with Crippen molar-refractivity contribution in [3.63, 3.8) is 0 Å². The first-order valence-electron chi connectivity index (χ1n) is 7.83. The van der Waals surface area contributed by atoms with Crippen LogP contribution in [0.25, 0.3) is 0 Å². The van der Waals surface area contributed by atoms with E-state index in [-0.39, 0.29) is 11.0 Å². The minimum Gasteiger partial charge on any atom is -0.393 e. The summed E-state index contributed by atoms with van der Waals surface area (Å²) in [6, 6.07) is 8.43. The number of piperidine rings is 4. The third kappa shape index (κ3) is 3.63. The van der Waals surface area contributed by atoms with Gasteiger partial charge in [-0.1, -0.05) is 18.2 Å². The van der Waals surface area contributed by atoms with Gasteiger partial charge < -0.3 is 5.11 Å². The summed E-state index contributed by atoms with van der Waals surface area (Å²) in [5, 5.41) is 9.60. The number of Topliss-reactive ketones (excluding diaryl/α,β-unsaturated/α-hetero) is 1. The van der Waals surface area contributed by atoms with Crippen molar-refractivity contribution < 1.29 is 22.9 Å². The number of rotatable bonds is 1. The van der Waals surface area contributed by atoms with Crippen LogP contribution in [0.2, 0.25) is 0 Å². The van der Waals surface area contributed by atoms with Gasteiger partial charge in [0.2, 0.25) is 0 Å². The van der Waals surface area contributed by atoms with E-state index in [1.54, 1.807) is 18.2 Å². The highest BCUT2D eigenvalue weighted by Gasteiger charge is 2.48. The Morgan fingerprint density at radius 3 is 2.00 bits per heavy atom. The summed E-state index contributed by atoms with van der Waals surface area (Å²) in [6.45, 7) is 0.659. The molecule has 0 aromatic heterocycles. The lowest BCUT2D eigenvalue weighted by atomic mass is 9.72. The minimum atomic E-state index is -4.00. The van der Waals surface area contributed by atoms with Gasteiger partial charge >= 0.3 is 0 Å². The van der Waals surface area contributed by atoms with Gasteiger partial charge in [-0.15, -0.1) is 0 Å². The SMILES string of the molecule is O=C1CN2C3CC(O)C[C@H]2C[C@H]1C3.O=S(=O)(O)c1ccccc1. The maximum absolute atomic E-state index is 11.5. The molecule has 4 bridgehead atoms. The summed E-state index contributed by atoms with van der Waals surface area (Å²) in [7, 11) is -4.00. The molecule has 6 nitrogen and oxygen atoms in total. The van der Waals surface area contributed by atoms with Gasteiger partial charge in [-0.25, -0.2) is 0 Å². The van der Waals surface area contributed by atoms with Crippen LogP contribution >= 0.6 is 0 Å². The molecule has 0 saturated carbocycles. The molecule has 1 aromatic rings. The molecule has 4 aliphatic rings. The molecule has 3 unspecified atom stereocenters. The fourth-order valence-corrected chi connectivity index (χ4v) is 4.43. The van der Waals surface area contributed by atoms with E-state index >= 15 is 0 Å². The average Bonchev–Trinajstić information content (AvgIpc) is 2.48. The zero-order chi connectivity index (χ0) is 16.6. The van der Waals surface area contributed by atoms with E-state index in [0.29, 0.717) is 30.3 Å². The first-order chi connectivity index (χ1) is 10.8. The molecule has 0 spiro atoms. The standard InChI is InChI=1S/C10H15NO2.C6H6O3S/c12-9-3-7-1-6-2-8(4-9)11(7)5-10(6)13;7-10(8,9)6-4-2-1-3-5-6/h6-9,12H,1-5H2;1-5H,(H,7,8,9)/t6-,7+,8?,9?;/m0./s1. The highest BCUT2D eigenvalue weighted by molar-refractivity contribution is 7.85. The van der Waals surface area contributed by atoms with Gasteiger partial charge in [-0.05, 0) is 37.8 Å². The fraction of sp³-hybridized carbons (Fsp3) is 0.562. The summed E-state index contributed by atoms with van der Waals surface area (Å²) in [6.07, 6.45) is 3.68. The molecular formula is C16H21NO5S. The second-order valence-electron chi connectivity index (χ2n) is 6.53. The van der Waals surface area contributed by atoms with Gasteiger partial charge in [0.25, 0.3) is 10.1 Å². The number of ketones is 1. The molecule has 4 fully saturated rings. The van der Waals surface area contributed by atoms with E-state index in [2.05, 4.69) is 4.90 Å². The lowest BCUT2D eigenvalue weighted by molar-refractivity contribution is -0.144. The maximum atomic E-state index is 11.5. The molecule has 4 saturated heterocycles. The van der Waals surface area contributed by atoms with E-state index in [0.717, 1.165) is 25.7 Å². The quantitative estimate of drug-likeness (QED) is 0.744. The van der Waals surface area contributed by atoms with Gasteiger partial charge in [0, 0.05) is 18.0 Å². The van der Waals surface area contributed by atoms with Gasteiger partial charge in [0.1, 0.15) is 5.78 Å². The molecule has 4 aliphatic heterocycles. The zero-order valence-electron chi connectivity index (χ0n) is 12.7. The molecule has 2 N–H and O–H groups in total. The number of hydrogen-bond acceptors (Lipinski definition) is 5. The maximum Gasteiger partial charge on any atom is 0.294 e. The first kappa shape index (κ1) is 16.6. The molecular weight excluding hydrogens is 318 g/mol. The van der Waals surface area contributed by atoms with Crippen LogP contribution in [0, 0.1) is 5.92 Å². The smallest absolute Gasteiger partial charge is 0.294 e. The van der Waals surface area contributed by atoms with Crippen LogP contribution in [-0.2, 0) is 14.9 Å². The van der Waals surface area contributed by atoms with Crippen molar-refractivity contribution in [2.24, 2.45) is 5.92 Å². The average molecular weight is 339 g/mol. The fourth-order valence-electron chi connectivity index (χ4n) is 3.93. The number of benzene rings is 1. The molecule has 0 amide bonds. The number of fused-ring (bicyclic) bond motifs is 1. The largest absolute Gasteiger partial charge is 0.393 e. The number of aliphatic hydroxyl groups excluding tert-OH is 1. The van der Waals surface area contributed by atoms with E-state index in [9.17, 15) is 18.3 Å². The molecule has 23 heavy (non-hydrogen) atoms. The third-order valence-corrected chi connectivity index (χ3v) is 5.84. The molecule has 0 radical (unpaired) electrons. The summed E-state index contributed by atoms with van der Waals surface area (Å²) >= 11 is 0. The van der Waals surface area contributed by atoms with Crippen molar-refractivity contribution in [2.45, 2.75) is 48.8 Å². The molecule has 5 atom stereocenters. The van der Waals surface area contributed by atoms with E-state index in [4.69, 9.17) is 4.55 Å². The van der Waals surface area contributed by atoms with Crippen LogP contribution in [0.5, 0.6) is 0 Å². The van der Waals surface area contributed by atoms with Gasteiger partial charge in [0.05, 0.1) is 17.5 Å². The third-order valence-electron chi connectivity index (χ3n) is 4.97. The lowest BCUT2D eigenvalue weighted by Gasteiger charge is -2.53. The van der Waals surface area contributed by atoms with Gasteiger partial charge in [-0.3, -0.25) is 14.2 Å². The van der Waals surface area contributed by atoms with Crippen molar-refractivity contribution in [1.29, 1.82) is 0 Å². The van der Waals surface area contributed by atoms with E-state index in [1.165, 1.54) is 12.1 Å². The topological polar surface area (TPSA) is 94.9 Å². The van der Waals surface area contributed by atoms with Gasteiger partial charge in [0.15, 0.2) is 0 Å². The Bertz CT molecular complexity index is 659. The normalized spacial score (nSPS) is 35.4. The van der Waals surface area contributed by atoms with Crippen molar-refractivity contribution in [3.05, 3.63) is 30.3 Å². The number of carbonyl (C=O) groups excluding carboxylic acids is 1. The predicted octanol–water partition coefficient (Wildman–Crippen LogP) is 1.11. The van der Waals surface area contributed by atoms with Crippen LogP contribution in [-0.4, -0.2) is 53.5 Å². The van der Waals surface area contributed by atoms with Crippen molar-refractivity contribution in [1.82, 2.24) is 4.90 Å². The Morgan fingerprint density at radius 2 is 1.57 bits per heavy atom. The summed E-state index contributed by atoms with van der Waals surface area (Å²) in [5.74, 6) is 0.761. The second-order valence-corrected chi connectivity index (χ2v) is 7.95. The number of nitrogens with zero attached hydrogens (tertiary/aromatic N) is 1. The van der Waals surface area contributed by atoms with Gasteiger partial charge in [-0.2, -0.15) is 8.42 Å². The van der Waals surface area contributed by atoms with Crippen LogP contribution < -0.4 is 0 Å². The molecule has 5 rings (SSSR count). The highest BCUT2D eigenvalue weighted by atomic mass is 32.2. The number of aliphatic hydroxyl groups is 1. The summed E-state index contributed by atoms with van der Waals surface area (Å²) in [5.41, 5.74) is 0.